The second kappa shape index (κ2) is 9.40. The number of carbonyl (C=O) groups excluding carboxylic acids is 2. The van der Waals surface area contributed by atoms with Gasteiger partial charge in [-0.2, -0.15) is 0 Å². The van der Waals surface area contributed by atoms with Crippen LogP contribution in [-0.4, -0.2) is 24.1 Å². The minimum Gasteiger partial charge on any atom is -0.481 e. The molecule has 0 radical (unpaired) electrons. The molecule has 5 nitrogen and oxygen atoms in total. The molecule has 1 amide bonds. The average Bonchev–Trinajstić information content (AvgIpc) is 2.69. The van der Waals surface area contributed by atoms with Crippen LogP contribution in [0.15, 0.2) is 48.5 Å². The molecular formula is C23H27NO4. The van der Waals surface area contributed by atoms with Crippen LogP contribution in [0.2, 0.25) is 0 Å². The van der Waals surface area contributed by atoms with E-state index in [-0.39, 0.29) is 18.0 Å². The molecule has 3 rings (SSSR count). The highest BCUT2D eigenvalue weighted by atomic mass is 16.5. The third kappa shape index (κ3) is 5.59. The van der Waals surface area contributed by atoms with E-state index >= 15 is 0 Å². The number of ether oxygens (including phenoxy) is 2. The molecule has 148 valence electrons. The van der Waals surface area contributed by atoms with E-state index in [1.807, 2.05) is 31.2 Å². The first-order valence-corrected chi connectivity index (χ1v) is 9.86. The minimum absolute atomic E-state index is 0.0280. The van der Waals surface area contributed by atoms with Gasteiger partial charge in [-0.25, -0.2) is 4.79 Å². The fourth-order valence-corrected chi connectivity index (χ4v) is 3.28. The molecule has 1 aliphatic rings. The lowest BCUT2D eigenvalue weighted by Gasteiger charge is -2.21. The number of carbonyl (C=O) groups is 2. The van der Waals surface area contributed by atoms with Crippen LogP contribution in [0.5, 0.6) is 5.75 Å². The van der Waals surface area contributed by atoms with Crippen LogP contribution in [-0.2, 0) is 9.53 Å². The Bertz CT molecular complexity index is 810. The number of rotatable bonds is 6. The third-order valence-electron chi connectivity index (χ3n) is 4.89. The van der Waals surface area contributed by atoms with Crippen molar-refractivity contribution in [3.63, 3.8) is 0 Å². The van der Waals surface area contributed by atoms with Crippen LogP contribution in [0.4, 0.5) is 5.69 Å². The van der Waals surface area contributed by atoms with E-state index in [2.05, 4.69) is 5.32 Å². The summed E-state index contributed by atoms with van der Waals surface area (Å²) in [4.78, 5) is 24.6. The van der Waals surface area contributed by atoms with E-state index in [4.69, 9.17) is 9.47 Å². The average molecular weight is 381 g/mol. The maximum Gasteiger partial charge on any atom is 0.338 e. The van der Waals surface area contributed by atoms with Crippen LogP contribution >= 0.6 is 0 Å². The van der Waals surface area contributed by atoms with Gasteiger partial charge in [-0.1, -0.05) is 18.6 Å². The lowest BCUT2D eigenvalue weighted by atomic mass is 9.98. The second-order valence-corrected chi connectivity index (χ2v) is 7.31. The van der Waals surface area contributed by atoms with Crippen LogP contribution in [0.25, 0.3) is 0 Å². The minimum atomic E-state index is -0.641. The molecule has 2 aromatic rings. The lowest BCUT2D eigenvalue weighted by molar-refractivity contribution is -0.122. The van der Waals surface area contributed by atoms with Gasteiger partial charge in [-0.15, -0.1) is 0 Å². The lowest BCUT2D eigenvalue weighted by Crippen LogP contribution is -2.30. The standard InChI is InChI=1S/C23H27NO4/c1-16-7-6-10-21(15-16)27-17(2)22(25)24-19-13-11-18(12-14-19)23(26)28-20-8-4-3-5-9-20/h6-7,10-15,17,20H,3-5,8-9H2,1-2H3,(H,24,25). The number of anilines is 1. The van der Waals surface area contributed by atoms with Gasteiger partial charge >= 0.3 is 5.97 Å². The highest BCUT2D eigenvalue weighted by Gasteiger charge is 2.19. The number of esters is 1. The molecule has 0 aliphatic heterocycles. The highest BCUT2D eigenvalue weighted by molar-refractivity contribution is 5.95. The van der Waals surface area contributed by atoms with E-state index in [9.17, 15) is 9.59 Å². The maximum absolute atomic E-state index is 12.4. The zero-order chi connectivity index (χ0) is 19.9. The Morgan fingerprint density at radius 1 is 1.04 bits per heavy atom. The first kappa shape index (κ1) is 19.9. The topological polar surface area (TPSA) is 64.6 Å². The summed E-state index contributed by atoms with van der Waals surface area (Å²) in [6, 6.07) is 14.3. The van der Waals surface area contributed by atoms with Crippen molar-refractivity contribution in [1.29, 1.82) is 0 Å². The zero-order valence-electron chi connectivity index (χ0n) is 16.4. The number of aryl methyl sites for hydroxylation is 1. The Morgan fingerprint density at radius 3 is 2.43 bits per heavy atom. The molecule has 1 unspecified atom stereocenters. The Balaban J connectivity index is 1.52. The van der Waals surface area contributed by atoms with E-state index in [0.29, 0.717) is 17.0 Å². The molecule has 0 bridgehead atoms. The zero-order valence-corrected chi connectivity index (χ0v) is 16.4. The summed E-state index contributed by atoms with van der Waals surface area (Å²) in [5, 5.41) is 2.81. The van der Waals surface area contributed by atoms with Crippen molar-refractivity contribution in [2.24, 2.45) is 0 Å². The van der Waals surface area contributed by atoms with E-state index < -0.39 is 6.10 Å². The van der Waals surface area contributed by atoms with Crippen molar-refractivity contribution >= 4 is 17.6 Å². The van der Waals surface area contributed by atoms with Gasteiger partial charge in [-0.3, -0.25) is 4.79 Å². The first-order valence-electron chi connectivity index (χ1n) is 9.86. The summed E-state index contributed by atoms with van der Waals surface area (Å²) < 4.78 is 11.3. The molecule has 1 N–H and O–H groups in total. The van der Waals surface area contributed by atoms with E-state index in [0.717, 1.165) is 31.2 Å². The largest absolute Gasteiger partial charge is 0.481 e. The van der Waals surface area contributed by atoms with E-state index in [1.165, 1.54) is 6.42 Å². The van der Waals surface area contributed by atoms with Crippen LogP contribution in [0.3, 0.4) is 0 Å². The van der Waals surface area contributed by atoms with Gasteiger partial charge in [0, 0.05) is 5.69 Å². The smallest absolute Gasteiger partial charge is 0.338 e. The third-order valence-corrected chi connectivity index (χ3v) is 4.89. The number of hydrogen-bond acceptors (Lipinski definition) is 4. The van der Waals surface area contributed by atoms with Gasteiger partial charge in [0.2, 0.25) is 0 Å². The monoisotopic (exact) mass is 381 g/mol. The molecule has 5 heteroatoms. The molecule has 0 saturated heterocycles. The quantitative estimate of drug-likeness (QED) is 0.724. The van der Waals surface area contributed by atoms with Crippen LogP contribution in [0.1, 0.15) is 54.9 Å². The predicted octanol–water partition coefficient (Wildman–Crippen LogP) is 4.89. The molecule has 1 fully saturated rings. The fourth-order valence-electron chi connectivity index (χ4n) is 3.28. The van der Waals surface area contributed by atoms with Crippen LogP contribution in [0, 0.1) is 6.92 Å². The first-order chi connectivity index (χ1) is 13.5. The maximum atomic E-state index is 12.4. The van der Waals surface area contributed by atoms with Crippen molar-refractivity contribution < 1.29 is 19.1 Å². The number of hydrogen-bond donors (Lipinski definition) is 1. The van der Waals surface area contributed by atoms with Gasteiger partial charge < -0.3 is 14.8 Å². The normalized spacial score (nSPS) is 15.5. The van der Waals surface area contributed by atoms with Crippen molar-refractivity contribution in [1.82, 2.24) is 0 Å². The Kier molecular flexibility index (Phi) is 6.69. The van der Waals surface area contributed by atoms with Gasteiger partial charge in [0.15, 0.2) is 6.10 Å². The number of benzene rings is 2. The Morgan fingerprint density at radius 2 is 1.75 bits per heavy atom. The van der Waals surface area contributed by atoms with Crippen molar-refractivity contribution in [2.75, 3.05) is 5.32 Å². The number of nitrogens with one attached hydrogen (secondary N) is 1. The van der Waals surface area contributed by atoms with Gasteiger partial charge in [0.25, 0.3) is 5.91 Å². The Hall–Kier alpha value is -2.82. The highest BCUT2D eigenvalue weighted by Crippen LogP contribution is 2.22. The molecule has 1 aliphatic carbocycles. The molecule has 2 aromatic carbocycles. The summed E-state index contributed by atoms with van der Waals surface area (Å²) in [6.07, 6.45) is 4.72. The number of amides is 1. The molecule has 1 atom stereocenters. The molecule has 0 spiro atoms. The summed E-state index contributed by atoms with van der Waals surface area (Å²) in [5.41, 5.74) is 2.17. The molecule has 0 heterocycles. The predicted molar refractivity (Wildman–Crippen MR) is 109 cm³/mol. The van der Waals surface area contributed by atoms with Gasteiger partial charge in [0.1, 0.15) is 11.9 Å². The fraction of sp³-hybridized carbons (Fsp3) is 0.391. The van der Waals surface area contributed by atoms with Gasteiger partial charge in [-0.05, 0) is 81.5 Å². The SMILES string of the molecule is Cc1cccc(OC(C)C(=O)Nc2ccc(C(=O)OC3CCCCC3)cc2)c1. The van der Waals surface area contributed by atoms with Gasteiger partial charge in [0.05, 0.1) is 5.56 Å². The molecule has 0 aromatic heterocycles. The second-order valence-electron chi connectivity index (χ2n) is 7.31. The molecular weight excluding hydrogens is 354 g/mol. The summed E-state index contributed by atoms with van der Waals surface area (Å²) in [5.74, 6) is 0.100. The summed E-state index contributed by atoms with van der Waals surface area (Å²) >= 11 is 0. The summed E-state index contributed by atoms with van der Waals surface area (Å²) in [7, 11) is 0. The van der Waals surface area contributed by atoms with Crippen molar-refractivity contribution in [2.45, 2.75) is 58.2 Å². The van der Waals surface area contributed by atoms with Crippen molar-refractivity contribution in [3.05, 3.63) is 59.7 Å². The Labute approximate surface area is 166 Å². The molecule has 1 saturated carbocycles. The van der Waals surface area contributed by atoms with E-state index in [1.54, 1.807) is 31.2 Å². The summed E-state index contributed by atoms with van der Waals surface area (Å²) in [6.45, 7) is 3.67. The van der Waals surface area contributed by atoms with Crippen molar-refractivity contribution in [3.8, 4) is 5.75 Å². The van der Waals surface area contributed by atoms with Crippen LogP contribution < -0.4 is 10.1 Å². The molecule has 28 heavy (non-hydrogen) atoms.